The number of carbonyl (C=O) groups excluding carboxylic acids is 2. The van der Waals surface area contributed by atoms with Crippen LogP contribution in [0.25, 0.3) is 0 Å². The first-order valence-electron chi connectivity index (χ1n) is 8.74. The van der Waals surface area contributed by atoms with Gasteiger partial charge in [-0.3, -0.25) is 14.5 Å². The Morgan fingerprint density at radius 2 is 2.07 bits per heavy atom. The number of hydrogen-bond acceptors (Lipinski definition) is 6. The van der Waals surface area contributed by atoms with E-state index in [9.17, 15) is 9.59 Å². The highest BCUT2D eigenvalue weighted by molar-refractivity contribution is 7.98. The first kappa shape index (κ1) is 19.9. The molecule has 144 valence electrons. The number of nitrogens with one attached hydrogen (secondary N) is 2. The summed E-state index contributed by atoms with van der Waals surface area (Å²) in [4.78, 5) is 27.8. The van der Waals surface area contributed by atoms with Crippen LogP contribution in [0.4, 0.5) is 5.69 Å². The first-order valence-corrected chi connectivity index (χ1v) is 10.9. The molecule has 8 heteroatoms. The minimum atomic E-state index is -0.653. The zero-order valence-electron chi connectivity index (χ0n) is 15.1. The number of ether oxygens (including phenoxy) is 1. The third-order valence-corrected chi connectivity index (χ3v) is 5.83. The van der Waals surface area contributed by atoms with Gasteiger partial charge < -0.3 is 15.4 Å². The van der Waals surface area contributed by atoms with Crippen molar-refractivity contribution in [1.82, 2.24) is 10.2 Å². The van der Waals surface area contributed by atoms with Gasteiger partial charge in [0.25, 0.3) is 0 Å². The van der Waals surface area contributed by atoms with Crippen LogP contribution < -0.4 is 10.6 Å². The van der Waals surface area contributed by atoms with Crippen molar-refractivity contribution < 1.29 is 14.3 Å². The fourth-order valence-electron chi connectivity index (χ4n) is 2.97. The number of hydrogen-bond donors (Lipinski definition) is 2. The molecule has 27 heavy (non-hydrogen) atoms. The van der Waals surface area contributed by atoms with Crippen molar-refractivity contribution in [3.8, 4) is 0 Å². The van der Waals surface area contributed by atoms with Gasteiger partial charge in [-0.15, -0.1) is 11.8 Å². The van der Waals surface area contributed by atoms with Crippen LogP contribution in [0.3, 0.4) is 0 Å². The van der Waals surface area contributed by atoms with Crippen LogP contribution in [0.15, 0.2) is 46.0 Å². The monoisotopic (exact) mass is 405 g/mol. The zero-order valence-corrected chi connectivity index (χ0v) is 16.8. The van der Waals surface area contributed by atoms with Gasteiger partial charge in [-0.05, 0) is 46.8 Å². The lowest BCUT2D eigenvalue weighted by atomic mass is 10.1. The van der Waals surface area contributed by atoms with E-state index in [-0.39, 0.29) is 6.04 Å². The van der Waals surface area contributed by atoms with E-state index in [1.807, 2.05) is 29.8 Å². The van der Waals surface area contributed by atoms with Crippen LogP contribution >= 0.6 is 23.1 Å². The topological polar surface area (TPSA) is 70.7 Å². The largest absolute Gasteiger partial charge is 0.379 e. The molecule has 2 heterocycles. The van der Waals surface area contributed by atoms with Crippen molar-refractivity contribution in [2.24, 2.45) is 0 Å². The Balaban J connectivity index is 1.58. The SMILES string of the molecule is CSc1cccc(NC(=O)C(=O)NCC(c2ccsc2)N2CCOCC2)c1. The average molecular weight is 406 g/mol. The molecule has 3 rings (SSSR count). The lowest BCUT2D eigenvalue weighted by Gasteiger charge is -2.34. The summed E-state index contributed by atoms with van der Waals surface area (Å²) in [6, 6.07) is 9.52. The number of carbonyl (C=O) groups is 2. The average Bonchev–Trinajstić information content (AvgIpc) is 3.23. The lowest BCUT2D eigenvalue weighted by molar-refractivity contribution is -0.136. The quantitative estimate of drug-likeness (QED) is 0.571. The summed E-state index contributed by atoms with van der Waals surface area (Å²) in [6.07, 6.45) is 1.96. The fraction of sp³-hybridized carbons (Fsp3) is 0.368. The molecule has 6 nitrogen and oxygen atoms in total. The Hall–Kier alpha value is -1.87. The standard InChI is InChI=1S/C19H23N3O3S2/c1-26-16-4-2-3-15(11-16)21-19(24)18(23)20-12-17(14-5-10-27-13-14)22-6-8-25-9-7-22/h2-5,10-11,13,17H,6-9,12H2,1H3,(H,20,23)(H,21,24). The van der Waals surface area contributed by atoms with Crippen LogP contribution in [0, 0.1) is 0 Å². The predicted octanol–water partition coefficient (Wildman–Crippen LogP) is 2.60. The van der Waals surface area contributed by atoms with E-state index in [1.54, 1.807) is 29.2 Å². The number of amides is 2. The number of anilines is 1. The fourth-order valence-corrected chi connectivity index (χ4v) is 4.14. The van der Waals surface area contributed by atoms with Crippen molar-refractivity contribution in [1.29, 1.82) is 0 Å². The summed E-state index contributed by atoms with van der Waals surface area (Å²) in [6.45, 7) is 3.36. The van der Waals surface area contributed by atoms with E-state index in [0.717, 1.165) is 23.5 Å². The molecule has 1 saturated heterocycles. The van der Waals surface area contributed by atoms with Gasteiger partial charge >= 0.3 is 11.8 Å². The van der Waals surface area contributed by atoms with Crippen LogP contribution in [-0.4, -0.2) is 55.8 Å². The number of thiophene rings is 1. The van der Waals surface area contributed by atoms with Crippen LogP contribution in [0.5, 0.6) is 0 Å². The summed E-state index contributed by atoms with van der Waals surface area (Å²) in [5.41, 5.74) is 1.76. The molecule has 1 aliphatic rings. The molecule has 1 atom stereocenters. The summed E-state index contributed by atoms with van der Waals surface area (Å²) in [5, 5.41) is 9.55. The van der Waals surface area contributed by atoms with Crippen molar-refractivity contribution in [2.45, 2.75) is 10.9 Å². The van der Waals surface area contributed by atoms with Gasteiger partial charge in [0, 0.05) is 30.2 Å². The van der Waals surface area contributed by atoms with E-state index in [0.29, 0.717) is 25.4 Å². The van der Waals surface area contributed by atoms with Gasteiger partial charge in [-0.1, -0.05) is 6.07 Å². The highest BCUT2D eigenvalue weighted by atomic mass is 32.2. The zero-order chi connectivity index (χ0) is 19.1. The summed E-state index contributed by atoms with van der Waals surface area (Å²) >= 11 is 3.21. The Morgan fingerprint density at radius 1 is 1.26 bits per heavy atom. The Bertz CT molecular complexity index is 761. The smallest absolute Gasteiger partial charge is 0.313 e. The maximum absolute atomic E-state index is 12.3. The first-order chi connectivity index (χ1) is 13.2. The van der Waals surface area contributed by atoms with E-state index in [4.69, 9.17) is 4.74 Å². The molecule has 2 N–H and O–H groups in total. The minimum absolute atomic E-state index is 0.0386. The Kier molecular flexibility index (Phi) is 7.28. The van der Waals surface area contributed by atoms with Crippen molar-refractivity contribution in [3.05, 3.63) is 46.7 Å². The minimum Gasteiger partial charge on any atom is -0.379 e. The van der Waals surface area contributed by atoms with Crippen LogP contribution in [-0.2, 0) is 14.3 Å². The molecule has 0 bridgehead atoms. The predicted molar refractivity (Wildman–Crippen MR) is 109 cm³/mol. The van der Waals surface area contributed by atoms with Gasteiger partial charge in [0.15, 0.2) is 0 Å². The molecule has 2 amide bonds. The molecule has 0 aliphatic carbocycles. The van der Waals surface area contributed by atoms with E-state index in [1.165, 1.54) is 0 Å². The van der Waals surface area contributed by atoms with Crippen molar-refractivity contribution >= 4 is 40.6 Å². The normalized spacial score (nSPS) is 15.9. The van der Waals surface area contributed by atoms with E-state index >= 15 is 0 Å². The van der Waals surface area contributed by atoms with Gasteiger partial charge in [0.1, 0.15) is 0 Å². The molecular formula is C19H23N3O3S2. The molecule has 0 spiro atoms. The summed E-state index contributed by atoms with van der Waals surface area (Å²) < 4.78 is 5.42. The molecule has 0 radical (unpaired) electrons. The number of benzene rings is 1. The van der Waals surface area contributed by atoms with Gasteiger partial charge in [-0.25, -0.2) is 0 Å². The molecule has 2 aromatic rings. The Morgan fingerprint density at radius 3 is 2.78 bits per heavy atom. The maximum atomic E-state index is 12.3. The Labute approximate surface area is 167 Å². The number of morpholine rings is 1. The molecule has 0 saturated carbocycles. The van der Waals surface area contributed by atoms with Gasteiger partial charge in [0.2, 0.25) is 0 Å². The molecular weight excluding hydrogens is 382 g/mol. The molecule has 1 aromatic carbocycles. The highest BCUT2D eigenvalue weighted by Crippen LogP contribution is 2.23. The third-order valence-electron chi connectivity index (χ3n) is 4.40. The molecule has 1 aliphatic heterocycles. The van der Waals surface area contributed by atoms with Crippen molar-refractivity contribution in [3.63, 3.8) is 0 Å². The highest BCUT2D eigenvalue weighted by Gasteiger charge is 2.24. The molecule has 1 fully saturated rings. The van der Waals surface area contributed by atoms with Crippen LogP contribution in [0.2, 0.25) is 0 Å². The second-order valence-electron chi connectivity index (χ2n) is 6.12. The second-order valence-corrected chi connectivity index (χ2v) is 7.78. The molecule has 1 unspecified atom stereocenters. The van der Waals surface area contributed by atoms with Crippen molar-refractivity contribution in [2.75, 3.05) is 44.4 Å². The van der Waals surface area contributed by atoms with E-state index < -0.39 is 11.8 Å². The number of thioether (sulfide) groups is 1. The molecule has 1 aromatic heterocycles. The lowest BCUT2D eigenvalue weighted by Crippen LogP contribution is -2.45. The number of rotatable bonds is 6. The summed E-state index contributed by atoms with van der Waals surface area (Å²) in [5.74, 6) is -1.28. The second kappa shape index (κ2) is 9.89. The van der Waals surface area contributed by atoms with Gasteiger partial charge in [0.05, 0.1) is 19.3 Å². The van der Waals surface area contributed by atoms with E-state index in [2.05, 4.69) is 27.0 Å². The van der Waals surface area contributed by atoms with Crippen LogP contribution in [0.1, 0.15) is 11.6 Å². The third kappa shape index (κ3) is 5.55. The maximum Gasteiger partial charge on any atom is 0.313 e. The number of nitrogens with zero attached hydrogens (tertiary/aromatic N) is 1. The summed E-state index contributed by atoms with van der Waals surface area (Å²) in [7, 11) is 0. The van der Waals surface area contributed by atoms with Gasteiger partial charge in [-0.2, -0.15) is 11.3 Å².